The smallest absolute Gasteiger partial charge is 0.240 e. The molecule has 0 saturated carbocycles. The second-order valence-corrected chi connectivity index (χ2v) is 9.90. The molecular weight excluding hydrogens is 404 g/mol. The minimum atomic E-state index is -0.616. The van der Waals surface area contributed by atoms with Crippen molar-refractivity contribution in [1.29, 1.82) is 0 Å². The van der Waals surface area contributed by atoms with Gasteiger partial charge in [-0.3, -0.25) is 14.4 Å². The Hall–Kier alpha value is -3.15. The first kappa shape index (κ1) is 22.1. The van der Waals surface area contributed by atoms with Crippen LogP contribution in [0.3, 0.4) is 0 Å². The largest absolute Gasteiger partial charge is 0.497 e. The van der Waals surface area contributed by atoms with E-state index in [4.69, 9.17) is 4.74 Å². The molecule has 0 aliphatic carbocycles. The van der Waals surface area contributed by atoms with Gasteiger partial charge in [0.2, 0.25) is 17.7 Å². The fourth-order valence-electron chi connectivity index (χ4n) is 5.08. The highest BCUT2D eigenvalue weighted by Crippen LogP contribution is 2.51. The maximum Gasteiger partial charge on any atom is 0.240 e. The van der Waals surface area contributed by atoms with E-state index in [1.165, 1.54) is 4.90 Å². The van der Waals surface area contributed by atoms with Gasteiger partial charge in [-0.15, -0.1) is 0 Å². The Kier molecular flexibility index (Phi) is 5.57. The summed E-state index contributed by atoms with van der Waals surface area (Å²) in [5.74, 6) is -1.00. The van der Waals surface area contributed by atoms with E-state index in [0.717, 1.165) is 5.56 Å². The number of ether oxygens (including phenoxy) is 1. The molecule has 2 aromatic carbocycles. The molecule has 2 saturated heterocycles. The number of benzene rings is 2. The maximum atomic E-state index is 13.6. The molecule has 0 bridgehead atoms. The summed E-state index contributed by atoms with van der Waals surface area (Å²) in [6.45, 7) is 7.94. The lowest BCUT2D eigenvalue weighted by molar-refractivity contribution is -0.137. The van der Waals surface area contributed by atoms with Crippen LogP contribution in [0.4, 0.5) is 5.69 Å². The zero-order valence-electron chi connectivity index (χ0n) is 19.2. The van der Waals surface area contributed by atoms with Crippen molar-refractivity contribution in [2.45, 2.75) is 46.2 Å². The lowest BCUT2D eigenvalue weighted by Gasteiger charge is -2.34. The summed E-state index contributed by atoms with van der Waals surface area (Å²) in [6.07, 6.45) is 0.341. The van der Waals surface area contributed by atoms with Gasteiger partial charge in [-0.2, -0.15) is 0 Å². The van der Waals surface area contributed by atoms with Crippen molar-refractivity contribution in [3.05, 3.63) is 60.2 Å². The quantitative estimate of drug-likeness (QED) is 0.676. The Labute approximate surface area is 189 Å². The summed E-state index contributed by atoms with van der Waals surface area (Å²) in [5.41, 5.74) is 1.21. The molecule has 6 nitrogen and oxygen atoms in total. The Morgan fingerprint density at radius 1 is 0.938 bits per heavy atom. The van der Waals surface area contributed by atoms with Crippen LogP contribution in [-0.4, -0.2) is 35.8 Å². The zero-order chi connectivity index (χ0) is 23.2. The SMILES string of the molecule is COc1ccc(C2C3C(=O)N(c4ccccc4)C(=O)C3C(C)N2C(=O)CC(C)(C)C)cc1. The van der Waals surface area contributed by atoms with E-state index in [2.05, 4.69) is 0 Å². The normalized spacial score (nSPS) is 25.3. The van der Waals surface area contributed by atoms with Gasteiger partial charge in [0.25, 0.3) is 0 Å². The predicted molar refractivity (Wildman–Crippen MR) is 122 cm³/mol. The van der Waals surface area contributed by atoms with Gasteiger partial charge in [-0.1, -0.05) is 51.1 Å². The van der Waals surface area contributed by atoms with Gasteiger partial charge in [0.1, 0.15) is 5.75 Å². The van der Waals surface area contributed by atoms with Crippen LogP contribution in [-0.2, 0) is 14.4 Å². The molecule has 2 aromatic rings. The van der Waals surface area contributed by atoms with Gasteiger partial charge in [0.05, 0.1) is 30.7 Å². The second-order valence-electron chi connectivity index (χ2n) is 9.90. The van der Waals surface area contributed by atoms with Gasteiger partial charge in [-0.05, 0) is 42.2 Å². The molecule has 0 aromatic heterocycles. The lowest BCUT2D eigenvalue weighted by atomic mass is 9.86. The van der Waals surface area contributed by atoms with Gasteiger partial charge in [-0.25, -0.2) is 4.90 Å². The molecule has 4 unspecified atom stereocenters. The summed E-state index contributed by atoms with van der Waals surface area (Å²) in [4.78, 5) is 43.6. The number of hydrogen-bond acceptors (Lipinski definition) is 4. The minimum Gasteiger partial charge on any atom is -0.497 e. The zero-order valence-corrected chi connectivity index (χ0v) is 19.2. The van der Waals surface area contributed by atoms with Crippen LogP contribution in [0, 0.1) is 17.3 Å². The highest BCUT2D eigenvalue weighted by atomic mass is 16.5. The van der Waals surface area contributed by atoms with Crippen molar-refractivity contribution in [2.75, 3.05) is 12.0 Å². The maximum absolute atomic E-state index is 13.6. The van der Waals surface area contributed by atoms with Gasteiger partial charge in [0.15, 0.2) is 0 Å². The molecule has 32 heavy (non-hydrogen) atoms. The number of fused-ring (bicyclic) bond motifs is 1. The number of nitrogens with zero attached hydrogens (tertiary/aromatic N) is 2. The van der Waals surface area contributed by atoms with E-state index >= 15 is 0 Å². The average Bonchev–Trinajstić information content (AvgIpc) is 3.19. The molecule has 6 heteroatoms. The minimum absolute atomic E-state index is 0.0351. The number of imide groups is 1. The molecule has 0 radical (unpaired) electrons. The van der Waals surface area contributed by atoms with Crippen molar-refractivity contribution < 1.29 is 19.1 Å². The number of carbonyl (C=O) groups is 3. The number of likely N-dealkylation sites (tertiary alicyclic amines) is 1. The van der Waals surface area contributed by atoms with Crippen molar-refractivity contribution in [1.82, 2.24) is 4.90 Å². The number of anilines is 1. The molecule has 0 spiro atoms. The summed E-state index contributed by atoms with van der Waals surface area (Å²) >= 11 is 0. The third-order valence-electron chi connectivity index (χ3n) is 6.44. The molecule has 2 aliphatic heterocycles. The average molecular weight is 435 g/mol. The van der Waals surface area contributed by atoms with E-state index in [9.17, 15) is 14.4 Å². The van der Waals surface area contributed by atoms with E-state index in [1.54, 1.807) is 24.1 Å². The van der Waals surface area contributed by atoms with Gasteiger partial charge < -0.3 is 9.64 Å². The highest BCUT2D eigenvalue weighted by Gasteiger charge is 2.62. The lowest BCUT2D eigenvalue weighted by Crippen LogP contribution is -2.44. The first-order chi connectivity index (χ1) is 15.1. The standard InChI is InChI=1S/C26H30N2O4/c1-16-21-22(25(31)28(24(21)30)18-9-7-6-8-10-18)23(17-11-13-19(32-5)14-12-17)27(16)20(29)15-26(2,3)4/h6-14,16,21-23H,15H2,1-5H3. The molecule has 2 aliphatic rings. The van der Waals surface area contributed by atoms with Crippen LogP contribution < -0.4 is 9.64 Å². The highest BCUT2D eigenvalue weighted by molar-refractivity contribution is 6.23. The molecule has 2 fully saturated rings. The number of hydrogen-bond donors (Lipinski definition) is 0. The molecule has 168 valence electrons. The summed E-state index contributed by atoms with van der Waals surface area (Å²) in [6, 6.07) is 15.6. The fourth-order valence-corrected chi connectivity index (χ4v) is 5.08. The van der Waals surface area contributed by atoms with E-state index in [-0.39, 0.29) is 29.2 Å². The van der Waals surface area contributed by atoms with Crippen LogP contribution >= 0.6 is 0 Å². The molecule has 4 atom stereocenters. The first-order valence-electron chi connectivity index (χ1n) is 11.0. The monoisotopic (exact) mass is 434 g/mol. The molecule has 0 N–H and O–H groups in total. The third kappa shape index (κ3) is 3.68. The molecule has 2 heterocycles. The third-order valence-corrected chi connectivity index (χ3v) is 6.44. The summed E-state index contributed by atoms with van der Waals surface area (Å²) in [7, 11) is 1.60. The van der Waals surface area contributed by atoms with Gasteiger partial charge in [0, 0.05) is 12.5 Å². The number of rotatable bonds is 4. The summed E-state index contributed by atoms with van der Waals surface area (Å²) < 4.78 is 5.28. The molecular formula is C26H30N2O4. The number of carbonyl (C=O) groups excluding carboxylic acids is 3. The number of methoxy groups -OCH3 is 1. The van der Waals surface area contributed by atoms with Crippen molar-refractivity contribution in [2.24, 2.45) is 17.3 Å². The van der Waals surface area contributed by atoms with Crippen LogP contribution in [0.1, 0.15) is 45.7 Å². The van der Waals surface area contributed by atoms with Crippen LogP contribution in [0.2, 0.25) is 0 Å². The predicted octanol–water partition coefficient (Wildman–Crippen LogP) is 4.21. The number of para-hydroxylation sites is 1. The number of amides is 3. The van der Waals surface area contributed by atoms with Crippen LogP contribution in [0.25, 0.3) is 0 Å². The Morgan fingerprint density at radius 3 is 2.09 bits per heavy atom. The Morgan fingerprint density at radius 2 is 1.53 bits per heavy atom. The molecule has 3 amide bonds. The Balaban J connectivity index is 1.78. The first-order valence-corrected chi connectivity index (χ1v) is 11.0. The summed E-state index contributed by atoms with van der Waals surface area (Å²) in [5, 5.41) is 0. The van der Waals surface area contributed by atoms with E-state index in [0.29, 0.717) is 17.9 Å². The van der Waals surface area contributed by atoms with E-state index in [1.807, 2.05) is 70.2 Å². The topological polar surface area (TPSA) is 66.9 Å². The van der Waals surface area contributed by atoms with Crippen molar-refractivity contribution >= 4 is 23.4 Å². The fraction of sp³-hybridized carbons (Fsp3) is 0.423. The molecule has 4 rings (SSSR count). The van der Waals surface area contributed by atoms with Crippen molar-refractivity contribution in [3.8, 4) is 5.75 Å². The second kappa shape index (κ2) is 8.08. The Bertz CT molecular complexity index is 1030. The van der Waals surface area contributed by atoms with Crippen molar-refractivity contribution in [3.63, 3.8) is 0 Å². The van der Waals surface area contributed by atoms with Gasteiger partial charge >= 0.3 is 0 Å². The van der Waals surface area contributed by atoms with E-state index < -0.39 is 17.9 Å². The van der Waals surface area contributed by atoms with Crippen LogP contribution in [0.15, 0.2) is 54.6 Å². The van der Waals surface area contributed by atoms with Crippen LogP contribution in [0.5, 0.6) is 5.75 Å².